The Kier molecular flexibility index (Phi) is 3.19. The van der Waals surface area contributed by atoms with E-state index in [0.29, 0.717) is 4.77 Å². The van der Waals surface area contributed by atoms with Crippen molar-refractivity contribution in [2.45, 2.75) is 0 Å². The summed E-state index contributed by atoms with van der Waals surface area (Å²) in [5.74, 6) is 0. The van der Waals surface area contributed by atoms with Crippen LogP contribution in [-0.2, 0) is 22.4 Å². The molecule has 0 aliphatic heterocycles. The second-order valence-corrected chi connectivity index (χ2v) is 1.22. The van der Waals surface area contributed by atoms with Crippen LogP contribution in [0.3, 0.4) is 0 Å². The Balaban J connectivity index is 0.000000360. The fraction of sp³-hybridized carbons (Fsp3) is 0. The van der Waals surface area contributed by atoms with Crippen LogP contribution in [0.15, 0.2) is 6.33 Å². The average Bonchev–Trinajstić information content (AvgIpc) is 1.86. The third-order valence-electron chi connectivity index (χ3n) is 0.425. The van der Waals surface area contributed by atoms with E-state index in [9.17, 15) is 0 Å². The van der Waals surface area contributed by atoms with Crippen molar-refractivity contribution in [1.82, 2.24) is 15.2 Å². The van der Waals surface area contributed by atoms with Gasteiger partial charge in [0.05, 0.1) is 0 Å². The van der Waals surface area contributed by atoms with Gasteiger partial charge in [-0.15, -0.1) is 0 Å². The Bertz CT molecular complexity index is 151. The number of hydrogen-bond acceptors (Lipinski definition) is 2. The maximum atomic E-state index is 4.55. The quantitative estimate of drug-likeness (QED) is 0.481. The van der Waals surface area contributed by atoms with E-state index in [2.05, 4.69) is 27.4 Å². The van der Waals surface area contributed by atoms with Gasteiger partial charge < -0.3 is 0 Å². The molecule has 5 heteroatoms. The van der Waals surface area contributed by atoms with Gasteiger partial charge in [0.1, 0.15) is 6.33 Å². The monoisotopic (exact) mass is 208 g/mol. The molecule has 0 atom stereocenters. The normalized spacial score (nSPS) is 7.43. The summed E-state index contributed by atoms with van der Waals surface area (Å²) in [6.45, 7) is 0. The third kappa shape index (κ3) is 2.03. The first-order valence-corrected chi connectivity index (χ1v) is 1.88. The minimum Gasteiger partial charge on any atom is -0.288 e. The van der Waals surface area contributed by atoms with Gasteiger partial charge in [-0.1, -0.05) is 0 Å². The fourth-order valence-electron chi connectivity index (χ4n) is 0.217. The molecule has 1 heterocycles. The topological polar surface area (TPSA) is 44.5 Å². The van der Waals surface area contributed by atoms with Crippen molar-refractivity contribution in [2.24, 2.45) is 0 Å². The van der Waals surface area contributed by atoms with E-state index in [4.69, 9.17) is 0 Å². The first-order valence-electron chi connectivity index (χ1n) is 1.47. The van der Waals surface area contributed by atoms with Crippen molar-refractivity contribution in [3.05, 3.63) is 11.1 Å². The molecule has 2 N–H and O–H groups in total. The predicted molar refractivity (Wildman–Crippen MR) is 23.8 cm³/mol. The zero-order valence-corrected chi connectivity index (χ0v) is 5.53. The van der Waals surface area contributed by atoms with E-state index in [1.165, 1.54) is 6.33 Å². The minimum absolute atomic E-state index is 0. The molecule has 0 saturated carbocycles. The van der Waals surface area contributed by atoms with Crippen LogP contribution < -0.4 is 0 Å². The molecule has 1 radical (unpaired) electrons. The summed E-state index contributed by atoms with van der Waals surface area (Å²) in [5.41, 5.74) is 0. The molecule has 1 aromatic rings. The van der Waals surface area contributed by atoms with Gasteiger partial charge in [0.25, 0.3) is 0 Å². The van der Waals surface area contributed by atoms with Crippen molar-refractivity contribution in [2.75, 3.05) is 0 Å². The molecular weight excluding hydrogens is 206 g/mol. The van der Waals surface area contributed by atoms with Crippen molar-refractivity contribution in [1.29, 1.82) is 0 Å². The molecule has 1 aromatic heterocycles. The van der Waals surface area contributed by atoms with E-state index in [1.807, 2.05) is 0 Å². The van der Waals surface area contributed by atoms with Crippen molar-refractivity contribution in [3.8, 4) is 0 Å². The Morgan fingerprint density at radius 2 is 2.43 bits per heavy atom. The van der Waals surface area contributed by atoms with Crippen LogP contribution in [0, 0.1) is 4.77 Å². The number of rotatable bonds is 0. The zero-order chi connectivity index (χ0) is 4.41. The van der Waals surface area contributed by atoms with Gasteiger partial charge in [-0.2, -0.15) is 0 Å². The van der Waals surface area contributed by atoms with Crippen LogP contribution in [0.2, 0.25) is 0 Å². The van der Waals surface area contributed by atoms with Gasteiger partial charge in [0.15, 0.2) is 0 Å². The maximum absolute atomic E-state index is 4.55. The number of H-pyrrole nitrogens is 2. The largest absolute Gasteiger partial charge is 0.288 e. The molecule has 0 aliphatic rings. The second-order valence-electron chi connectivity index (χ2n) is 0.833. The molecule has 3 nitrogen and oxygen atoms in total. The smallest absolute Gasteiger partial charge is 0.213 e. The van der Waals surface area contributed by atoms with Gasteiger partial charge in [0.2, 0.25) is 4.77 Å². The molecule has 0 saturated heterocycles. The number of aromatic amines is 2. The van der Waals surface area contributed by atoms with E-state index in [1.54, 1.807) is 0 Å². The van der Waals surface area contributed by atoms with Crippen LogP contribution >= 0.6 is 12.2 Å². The molecule has 43 valence electrons. The van der Waals surface area contributed by atoms with Gasteiger partial charge >= 0.3 is 0 Å². The number of aromatic nitrogens is 3. The molecule has 7 heavy (non-hydrogen) atoms. The van der Waals surface area contributed by atoms with Crippen molar-refractivity contribution in [3.63, 3.8) is 0 Å². The van der Waals surface area contributed by atoms with Crippen molar-refractivity contribution < 1.29 is 22.4 Å². The summed E-state index contributed by atoms with van der Waals surface area (Å²) in [6.07, 6.45) is 1.50. The van der Waals surface area contributed by atoms with Gasteiger partial charge in [-0.25, -0.2) is 4.98 Å². The van der Waals surface area contributed by atoms with E-state index in [-0.39, 0.29) is 22.4 Å². The first-order chi connectivity index (χ1) is 2.89. The SMILES string of the molecule is S=c1nc[nH][nH]1.[Ag]. The van der Waals surface area contributed by atoms with Crippen LogP contribution in [0.5, 0.6) is 0 Å². The summed E-state index contributed by atoms with van der Waals surface area (Å²) >= 11 is 4.55. The van der Waals surface area contributed by atoms with E-state index in [0.717, 1.165) is 0 Å². The van der Waals surface area contributed by atoms with Crippen LogP contribution in [0.25, 0.3) is 0 Å². The minimum atomic E-state index is 0. The Hall–Kier alpha value is 0.100. The van der Waals surface area contributed by atoms with Crippen LogP contribution in [-0.4, -0.2) is 15.2 Å². The summed E-state index contributed by atoms with van der Waals surface area (Å²) in [7, 11) is 0. The molecule has 0 amide bonds. The van der Waals surface area contributed by atoms with Crippen LogP contribution in [0.1, 0.15) is 0 Å². The second kappa shape index (κ2) is 3.15. The van der Waals surface area contributed by atoms with Gasteiger partial charge in [-0.3, -0.25) is 10.2 Å². The molecule has 0 aromatic carbocycles. The first kappa shape index (κ1) is 7.10. The maximum Gasteiger partial charge on any atom is 0.213 e. The van der Waals surface area contributed by atoms with Gasteiger partial charge in [-0.05, 0) is 12.2 Å². The Morgan fingerprint density at radius 1 is 1.71 bits per heavy atom. The zero-order valence-electron chi connectivity index (χ0n) is 3.23. The molecule has 0 spiro atoms. The fourth-order valence-corrected chi connectivity index (χ4v) is 0.329. The third-order valence-corrected chi connectivity index (χ3v) is 0.633. The molecule has 0 fully saturated rings. The molecular formula is C2H3AgN3S. The van der Waals surface area contributed by atoms with Crippen LogP contribution in [0.4, 0.5) is 0 Å². The average molecular weight is 209 g/mol. The summed E-state index contributed by atoms with van der Waals surface area (Å²) < 4.78 is 0.495. The number of nitrogens with one attached hydrogen (secondary N) is 2. The molecule has 1 rings (SSSR count). The summed E-state index contributed by atoms with van der Waals surface area (Å²) in [5, 5.41) is 5.17. The van der Waals surface area contributed by atoms with Gasteiger partial charge in [0, 0.05) is 22.4 Å². The number of hydrogen-bond donors (Lipinski definition) is 2. The molecule has 0 aliphatic carbocycles. The van der Waals surface area contributed by atoms with E-state index >= 15 is 0 Å². The number of nitrogens with zero attached hydrogens (tertiary/aromatic N) is 1. The standard InChI is InChI=1S/C2H3N3S.Ag/c6-2-3-1-4-5-2;/h1H,(H2,3,4,5,6);. The Morgan fingerprint density at radius 3 is 2.57 bits per heavy atom. The van der Waals surface area contributed by atoms with Crippen molar-refractivity contribution >= 4 is 12.2 Å². The summed E-state index contributed by atoms with van der Waals surface area (Å²) in [4.78, 5) is 3.62. The molecule has 0 unspecified atom stereocenters. The predicted octanol–water partition coefficient (Wildman–Crippen LogP) is 0.465. The molecule has 0 bridgehead atoms. The van der Waals surface area contributed by atoms with E-state index < -0.39 is 0 Å². The summed E-state index contributed by atoms with van der Waals surface area (Å²) in [6, 6.07) is 0. The Labute approximate surface area is 61.0 Å².